The van der Waals surface area contributed by atoms with Gasteiger partial charge in [0.2, 0.25) is 0 Å². The summed E-state index contributed by atoms with van der Waals surface area (Å²) in [6.07, 6.45) is 9.12. The number of hydrogen-bond acceptors (Lipinski definition) is 2. The van der Waals surface area contributed by atoms with Crippen LogP contribution in [0.15, 0.2) is 0 Å². The third-order valence-electron chi connectivity index (χ3n) is 5.76. The summed E-state index contributed by atoms with van der Waals surface area (Å²) in [5.74, 6) is 5.44. The zero-order valence-electron chi connectivity index (χ0n) is 12.0. The second-order valence-corrected chi connectivity index (χ2v) is 7.01. The lowest BCUT2D eigenvalue weighted by atomic mass is 9.52. The van der Waals surface area contributed by atoms with Crippen LogP contribution in [0.1, 0.15) is 45.4 Å². The molecule has 4 rings (SSSR count). The zero-order valence-corrected chi connectivity index (χ0v) is 12.0. The van der Waals surface area contributed by atoms with Crippen LogP contribution in [0.5, 0.6) is 0 Å². The molecule has 0 aromatic carbocycles. The van der Waals surface area contributed by atoms with Gasteiger partial charge in [0, 0.05) is 0 Å². The van der Waals surface area contributed by atoms with E-state index in [1.165, 1.54) is 26.1 Å². The molecule has 0 radical (unpaired) electrons. The van der Waals surface area contributed by atoms with E-state index in [1.54, 1.807) is 32.1 Å². The van der Waals surface area contributed by atoms with E-state index in [0.717, 1.165) is 36.1 Å². The van der Waals surface area contributed by atoms with Gasteiger partial charge in [-0.2, -0.15) is 0 Å². The molecule has 2 nitrogen and oxygen atoms in total. The first-order chi connectivity index (χ1) is 8.86. The lowest BCUT2D eigenvalue weighted by molar-refractivity contribution is -0.0353. The van der Waals surface area contributed by atoms with Crippen molar-refractivity contribution in [2.24, 2.45) is 29.6 Å². The van der Waals surface area contributed by atoms with Crippen LogP contribution in [0.2, 0.25) is 0 Å². The Morgan fingerprint density at radius 1 is 0.833 bits per heavy atom. The minimum absolute atomic E-state index is 1.02. The first kappa shape index (κ1) is 12.9. The largest absolute Gasteiger partial charge is 0.317 e. The van der Waals surface area contributed by atoms with Crippen molar-refractivity contribution in [2.75, 3.05) is 26.2 Å². The van der Waals surface area contributed by atoms with Crippen LogP contribution in [-0.4, -0.2) is 26.2 Å². The van der Waals surface area contributed by atoms with Crippen molar-refractivity contribution in [1.29, 1.82) is 0 Å². The molecule has 2 N–H and O–H groups in total. The number of hydrogen-bond donors (Lipinski definition) is 2. The quantitative estimate of drug-likeness (QED) is 0.679. The maximum atomic E-state index is 3.73. The molecule has 0 saturated heterocycles. The van der Waals surface area contributed by atoms with Gasteiger partial charge in [0.1, 0.15) is 0 Å². The summed E-state index contributed by atoms with van der Waals surface area (Å²) in [6, 6.07) is 0. The van der Waals surface area contributed by atoms with Gasteiger partial charge in [-0.15, -0.1) is 0 Å². The average molecular weight is 250 g/mol. The Kier molecular flexibility index (Phi) is 4.25. The molecule has 104 valence electrons. The van der Waals surface area contributed by atoms with Gasteiger partial charge in [0.25, 0.3) is 0 Å². The van der Waals surface area contributed by atoms with Crippen LogP contribution < -0.4 is 10.6 Å². The van der Waals surface area contributed by atoms with Gasteiger partial charge >= 0.3 is 0 Å². The molecule has 0 heterocycles. The van der Waals surface area contributed by atoms with Crippen molar-refractivity contribution in [3.63, 3.8) is 0 Å². The normalized spacial score (nSPS) is 41.5. The fourth-order valence-corrected chi connectivity index (χ4v) is 5.16. The lowest BCUT2D eigenvalue weighted by Gasteiger charge is -2.54. The summed E-state index contributed by atoms with van der Waals surface area (Å²) in [5.41, 5.74) is 0. The molecule has 0 aliphatic heterocycles. The van der Waals surface area contributed by atoms with E-state index in [2.05, 4.69) is 17.6 Å². The molecule has 0 atom stereocenters. The van der Waals surface area contributed by atoms with E-state index in [-0.39, 0.29) is 0 Å². The fraction of sp³-hybridized carbons (Fsp3) is 1.00. The average Bonchev–Trinajstić information content (AvgIpc) is 2.35. The third kappa shape index (κ3) is 2.75. The summed E-state index contributed by atoms with van der Waals surface area (Å²) >= 11 is 0. The third-order valence-corrected chi connectivity index (χ3v) is 5.76. The zero-order chi connectivity index (χ0) is 12.4. The summed E-state index contributed by atoms with van der Waals surface area (Å²) in [6.45, 7) is 6.97. The Labute approximate surface area is 112 Å². The van der Waals surface area contributed by atoms with Gasteiger partial charge in [0.05, 0.1) is 0 Å². The van der Waals surface area contributed by atoms with E-state index in [9.17, 15) is 0 Å². The first-order valence-corrected chi connectivity index (χ1v) is 8.28. The minimum Gasteiger partial charge on any atom is -0.317 e. The van der Waals surface area contributed by atoms with Crippen LogP contribution >= 0.6 is 0 Å². The van der Waals surface area contributed by atoms with Crippen molar-refractivity contribution < 1.29 is 0 Å². The summed E-state index contributed by atoms with van der Waals surface area (Å²) in [7, 11) is 0. The molecule has 4 saturated carbocycles. The second kappa shape index (κ2) is 5.92. The Bertz CT molecular complexity index is 236. The Hall–Kier alpha value is -0.0800. The van der Waals surface area contributed by atoms with E-state index in [0.29, 0.717) is 0 Å². The number of nitrogens with one attached hydrogen (secondary N) is 2. The summed E-state index contributed by atoms with van der Waals surface area (Å²) < 4.78 is 0. The van der Waals surface area contributed by atoms with Crippen molar-refractivity contribution in [3.05, 3.63) is 0 Å². The fourth-order valence-electron chi connectivity index (χ4n) is 5.16. The predicted molar refractivity (Wildman–Crippen MR) is 76.6 cm³/mol. The molecule has 0 amide bonds. The highest BCUT2D eigenvalue weighted by Crippen LogP contribution is 2.56. The molecule has 4 aliphatic carbocycles. The van der Waals surface area contributed by atoms with Crippen molar-refractivity contribution in [1.82, 2.24) is 10.6 Å². The molecule has 2 heteroatoms. The first-order valence-electron chi connectivity index (χ1n) is 8.28. The van der Waals surface area contributed by atoms with E-state index in [4.69, 9.17) is 0 Å². The highest BCUT2D eigenvalue weighted by molar-refractivity contribution is 4.98. The summed E-state index contributed by atoms with van der Waals surface area (Å²) in [4.78, 5) is 0. The van der Waals surface area contributed by atoms with Gasteiger partial charge in [-0.25, -0.2) is 0 Å². The molecule has 0 spiro atoms. The maximum Gasteiger partial charge on any atom is -0.00152 e. The highest BCUT2D eigenvalue weighted by Gasteiger charge is 2.47. The SMILES string of the molecule is CCNCCCNCC1C2CC3CC(C2)CC1C3. The van der Waals surface area contributed by atoms with Gasteiger partial charge in [-0.1, -0.05) is 6.92 Å². The Balaban J connectivity index is 1.38. The molecule has 18 heavy (non-hydrogen) atoms. The molecule has 0 aromatic rings. The van der Waals surface area contributed by atoms with Crippen molar-refractivity contribution in [2.45, 2.75) is 45.4 Å². The standard InChI is InChI=1S/C16H30N2/c1-2-17-4-3-5-18-11-16-14-7-12-6-13(9-14)10-15(16)8-12/h12-18H,2-11H2,1H3. The lowest BCUT2D eigenvalue weighted by Crippen LogP contribution is -2.48. The second-order valence-electron chi connectivity index (χ2n) is 7.01. The maximum absolute atomic E-state index is 3.73. The van der Waals surface area contributed by atoms with E-state index < -0.39 is 0 Å². The topological polar surface area (TPSA) is 24.1 Å². The van der Waals surface area contributed by atoms with E-state index in [1.807, 2.05) is 0 Å². The van der Waals surface area contributed by atoms with Gasteiger partial charge in [0.15, 0.2) is 0 Å². The molecule has 4 fully saturated rings. The van der Waals surface area contributed by atoms with Gasteiger partial charge in [-0.05, 0) is 94.3 Å². The Morgan fingerprint density at radius 2 is 1.44 bits per heavy atom. The van der Waals surface area contributed by atoms with Crippen LogP contribution in [0.3, 0.4) is 0 Å². The summed E-state index contributed by atoms with van der Waals surface area (Å²) in [5, 5.41) is 7.13. The van der Waals surface area contributed by atoms with Crippen LogP contribution in [0.25, 0.3) is 0 Å². The molecular formula is C16H30N2. The monoisotopic (exact) mass is 250 g/mol. The molecule has 0 unspecified atom stereocenters. The molecule has 0 aromatic heterocycles. The predicted octanol–water partition coefficient (Wildman–Crippen LogP) is 2.65. The molecule has 4 bridgehead atoms. The van der Waals surface area contributed by atoms with Gasteiger partial charge < -0.3 is 10.6 Å². The smallest absolute Gasteiger partial charge is 0.00152 e. The van der Waals surface area contributed by atoms with E-state index >= 15 is 0 Å². The van der Waals surface area contributed by atoms with Crippen LogP contribution in [0, 0.1) is 29.6 Å². The number of rotatable bonds is 7. The molecular weight excluding hydrogens is 220 g/mol. The van der Waals surface area contributed by atoms with Crippen LogP contribution in [0.4, 0.5) is 0 Å². The molecule has 4 aliphatic rings. The Morgan fingerprint density at radius 3 is 2.06 bits per heavy atom. The van der Waals surface area contributed by atoms with Gasteiger partial charge in [-0.3, -0.25) is 0 Å². The minimum atomic E-state index is 1.02. The highest BCUT2D eigenvalue weighted by atomic mass is 14.9. The van der Waals surface area contributed by atoms with Crippen LogP contribution in [-0.2, 0) is 0 Å². The van der Waals surface area contributed by atoms with Crippen molar-refractivity contribution >= 4 is 0 Å². The van der Waals surface area contributed by atoms with Crippen molar-refractivity contribution in [3.8, 4) is 0 Å².